The van der Waals surface area contributed by atoms with Crippen LogP contribution in [0.15, 0.2) is 29.2 Å². The smallest absolute Gasteiger partial charge is 0.404 e. The van der Waals surface area contributed by atoms with Gasteiger partial charge in [0, 0.05) is 22.2 Å². The molecule has 4 nitrogen and oxygen atoms in total. The van der Waals surface area contributed by atoms with Crippen molar-refractivity contribution >= 4 is 28.5 Å². The van der Waals surface area contributed by atoms with Crippen LogP contribution in [0.4, 0.5) is 4.79 Å². The molecule has 0 fully saturated rings. The number of amides is 1. The Labute approximate surface area is 101 Å². The summed E-state index contributed by atoms with van der Waals surface area (Å²) in [5.74, 6) is 0.432. The zero-order valence-corrected chi connectivity index (χ0v) is 10.1. The molecular formula is C10H12ClNO3S. The molecule has 0 aromatic heterocycles. The van der Waals surface area contributed by atoms with E-state index in [9.17, 15) is 9.00 Å². The lowest BCUT2D eigenvalue weighted by Gasteiger charge is -2.02. The highest BCUT2D eigenvalue weighted by molar-refractivity contribution is 7.85. The van der Waals surface area contributed by atoms with E-state index in [0.717, 1.165) is 0 Å². The van der Waals surface area contributed by atoms with Gasteiger partial charge in [0.15, 0.2) is 0 Å². The molecule has 1 unspecified atom stereocenters. The van der Waals surface area contributed by atoms with Crippen molar-refractivity contribution in [1.82, 2.24) is 5.32 Å². The molecule has 6 heteroatoms. The number of benzene rings is 1. The van der Waals surface area contributed by atoms with Crippen molar-refractivity contribution in [3.63, 3.8) is 0 Å². The zero-order valence-electron chi connectivity index (χ0n) is 8.48. The summed E-state index contributed by atoms with van der Waals surface area (Å²) in [7, 11) is -1.10. The second kappa shape index (κ2) is 6.50. The number of rotatable bonds is 5. The predicted molar refractivity (Wildman–Crippen MR) is 63.4 cm³/mol. The number of halogens is 1. The fourth-order valence-corrected chi connectivity index (χ4v) is 2.31. The summed E-state index contributed by atoms with van der Waals surface area (Å²) in [5, 5.41) is 11.2. The minimum atomic E-state index is -1.10. The maximum Gasteiger partial charge on any atom is 0.404 e. The Morgan fingerprint density at radius 3 is 2.56 bits per heavy atom. The number of hydrogen-bond acceptors (Lipinski definition) is 2. The SMILES string of the molecule is O=C(O)NCCCS(=O)c1ccc(Cl)cc1. The summed E-state index contributed by atoms with van der Waals surface area (Å²) in [6.45, 7) is 0.314. The summed E-state index contributed by atoms with van der Waals surface area (Å²) in [5.41, 5.74) is 0. The van der Waals surface area contributed by atoms with E-state index in [1.165, 1.54) is 0 Å². The van der Waals surface area contributed by atoms with Gasteiger partial charge in [-0.25, -0.2) is 4.79 Å². The molecule has 0 aliphatic heterocycles. The fraction of sp³-hybridized carbons (Fsp3) is 0.300. The van der Waals surface area contributed by atoms with Crippen LogP contribution in [0.2, 0.25) is 5.02 Å². The van der Waals surface area contributed by atoms with Gasteiger partial charge >= 0.3 is 6.09 Å². The highest BCUT2D eigenvalue weighted by Crippen LogP contribution is 2.13. The Balaban J connectivity index is 2.35. The van der Waals surface area contributed by atoms with Crippen molar-refractivity contribution in [2.75, 3.05) is 12.3 Å². The average molecular weight is 262 g/mol. The van der Waals surface area contributed by atoms with E-state index in [0.29, 0.717) is 28.6 Å². The first-order valence-corrected chi connectivity index (χ1v) is 6.40. The quantitative estimate of drug-likeness (QED) is 0.798. The molecule has 2 N–H and O–H groups in total. The molecule has 1 atom stereocenters. The monoisotopic (exact) mass is 261 g/mol. The highest BCUT2D eigenvalue weighted by Gasteiger charge is 2.03. The first-order valence-electron chi connectivity index (χ1n) is 4.70. The number of carbonyl (C=O) groups is 1. The molecule has 0 heterocycles. The van der Waals surface area contributed by atoms with Crippen LogP contribution in [0.1, 0.15) is 6.42 Å². The first-order chi connectivity index (χ1) is 7.59. The topological polar surface area (TPSA) is 66.4 Å². The van der Waals surface area contributed by atoms with Gasteiger partial charge in [0.25, 0.3) is 0 Å². The van der Waals surface area contributed by atoms with Crippen LogP contribution in [0.5, 0.6) is 0 Å². The third-order valence-corrected chi connectivity index (χ3v) is 3.57. The molecule has 0 saturated heterocycles. The molecule has 1 aromatic rings. The van der Waals surface area contributed by atoms with E-state index < -0.39 is 16.9 Å². The highest BCUT2D eigenvalue weighted by atomic mass is 35.5. The number of hydrogen-bond donors (Lipinski definition) is 2. The summed E-state index contributed by atoms with van der Waals surface area (Å²) < 4.78 is 11.7. The van der Waals surface area contributed by atoms with Crippen molar-refractivity contribution in [3.05, 3.63) is 29.3 Å². The molecule has 1 rings (SSSR count). The molecule has 0 radical (unpaired) electrons. The molecule has 0 bridgehead atoms. The number of carboxylic acid groups (broad SMARTS) is 1. The van der Waals surface area contributed by atoms with Gasteiger partial charge in [-0.2, -0.15) is 0 Å². The van der Waals surface area contributed by atoms with E-state index in [1.807, 2.05) is 0 Å². The standard InChI is InChI=1S/C10H12ClNO3S/c11-8-2-4-9(5-3-8)16(15)7-1-6-12-10(13)14/h2-5,12H,1,6-7H2,(H,13,14). The van der Waals surface area contributed by atoms with Crippen molar-refractivity contribution in [2.24, 2.45) is 0 Å². The Morgan fingerprint density at radius 2 is 2.00 bits per heavy atom. The molecule has 1 aromatic carbocycles. The van der Waals surface area contributed by atoms with Crippen molar-refractivity contribution < 1.29 is 14.1 Å². The van der Waals surface area contributed by atoms with E-state index in [-0.39, 0.29) is 0 Å². The van der Waals surface area contributed by atoms with Crippen LogP contribution in [0.3, 0.4) is 0 Å². The maximum absolute atomic E-state index is 11.7. The average Bonchev–Trinajstić information content (AvgIpc) is 2.25. The van der Waals surface area contributed by atoms with Gasteiger partial charge < -0.3 is 10.4 Å². The third-order valence-electron chi connectivity index (χ3n) is 1.86. The van der Waals surface area contributed by atoms with Gasteiger partial charge in [-0.1, -0.05) is 11.6 Å². The lowest BCUT2D eigenvalue weighted by Crippen LogP contribution is -2.23. The van der Waals surface area contributed by atoms with Crippen molar-refractivity contribution in [2.45, 2.75) is 11.3 Å². The molecule has 0 saturated carbocycles. The van der Waals surface area contributed by atoms with Gasteiger partial charge in [0.05, 0.1) is 10.8 Å². The van der Waals surface area contributed by atoms with E-state index in [1.54, 1.807) is 24.3 Å². The van der Waals surface area contributed by atoms with Crippen LogP contribution in [0.25, 0.3) is 0 Å². The minimum Gasteiger partial charge on any atom is -0.465 e. The molecular weight excluding hydrogens is 250 g/mol. The van der Waals surface area contributed by atoms with Gasteiger partial charge in [0.1, 0.15) is 0 Å². The third kappa shape index (κ3) is 4.63. The minimum absolute atomic E-state index is 0.314. The van der Waals surface area contributed by atoms with Crippen LogP contribution in [-0.4, -0.2) is 27.7 Å². The summed E-state index contributed by atoms with van der Waals surface area (Å²) in [4.78, 5) is 10.9. The molecule has 0 spiro atoms. The molecule has 0 aliphatic rings. The van der Waals surface area contributed by atoms with Gasteiger partial charge in [-0.05, 0) is 30.7 Å². The molecule has 0 aliphatic carbocycles. The first kappa shape index (κ1) is 13.0. The largest absolute Gasteiger partial charge is 0.465 e. The van der Waals surface area contributed by atoms with Gasteiger partial charge in [-0.15, -0.1) is 0 Å². The Kier molecular flexibility index (Phi) is 5.28. The molecule has 88 valence electrons. The lowest BCUT2D eigenvalue weighted by molar-refractivity contribution is 0.194. The zero-order chi connectivity index (χ0) is 12.0. The summed E-state index contributed by atoms with van der Waals surface area (Å²) >= 11 is 5.70. The van der Waals surface area contributed by atoms with Crippen molar-refractivity contribution in [3.8, 4) is 0 Å². The lowest BCUT2D eigenvalue weighted by atomic mass is 10.4. The Bertz CT molecular complexity index is 380. The summed E-state index contributed by atoms with van der Waals surface area (Å²) in [6.07, 6.45) is -0.515. The van der Waals surface area contributed by atoms with Crippen LogP contribution in [0, 0.1) is 0 Å². The van der Waals surface area contributed by atoms with Crippen LogP contribution in [-0.2, 0) is 10.8 Å². The van der Waals surface area contributed by atoms with Crippen LogP contribution >= 0.6 is 11.6 Å². The van der Waals surface area contributed by atoms with E-state index in [2.05, 4.69) is 5.32 Å². The van der Waals surface area contributed by atoms with Gasteiger partial charge in [-0.3, -0.25) is 4.21 Å². The second-order valence-corrected chi connectivity index (χ2v) is 5.10. The second-order valence-electron chi connectivity index (χ2n) is 3.09. The maximum atomic E-state index is 11.7. The number of nitrogens with one attached hydrogen (secondary N) is 1. The Hall–Kier alpha value is -1.07. The fourth-order valence-electron chi connectivity index (χ4n) is 1.10. The molecule has 1 amide bonds. The Morgan fingerprint density at radius 1 is 1.38 bits per heavy atom. The normalized spacial score (nSPS) is 12.1. The van der Waals surface area contributed by atoms with E-state index in [4.69, 9.17) is 16.7 Å². The van der Waals surface area contributed by atoms with Crippen LogP contribution < -0.4 is 5.32 Å². The molecule has 16 heavy (non-hydrogen) atoms. The van der Waals surface area contributed by atoms with E-state index >= 15 is 0 Å². The summed E-state index contributed by atoms with van der Waals surface area (Å²) in [6, 6.07) is 6.79. The van der Waals surface area contributed by atoms with Gasteiger partial charge in [0.2, 0.25) is 0 Å². The van der Waals surface area contributed by atoms with Crippen molar-refractivity contribution in [1.29, 1.82) is 0 Å². The predicted octanol–water partition coefficient (Wildman–Crippen LogP) is 2.11.